The summed E-state index contributed by atoms with van der Waals surface area (Å²) < 4.78 is 42.8. The summed E-state index contributed by atoms with van der Waals surface area (Å²) in [6.07, 6.45) is 1.55. The van der Waals surface area contributed by atoms with Crippen molar-refractivity contribution < 1.29 is 58.2 Å². The van der Waals surface area contributed by atoms with Crippen molar-refractivity contribution in [1.29, 1.82) is 0 Å². The first-order valence-electron chi connectivity index (χ1n) is 13.2. The predicted octanol–water partition coefficient (Wildman–Crippen LogP) is 4.67. The summed E-state index contributed by atoms with van der Waals surface area (Å²) >= 11 is 0.339. The van der Waals surface area contributed by atoms with Crippen LogP contribution in [-0.2, 0) is 45.2 Å². The van der Waals surface area contributed by atoms with Crippen LogP contribution in [0.1, 0.15) is 48.9 Å². The molecule has 0 unspecified atom stereocenters. The topological polar surface area (TPSA) is 220 Å². The van der Waals surface area contributed by atoms with E-state index in [1.807, 2.05) is 13.8 Å². The third-order valence-corrected chi connectivity index (χ3v) is 9.82. The molecule has 6 N–H and O–H groups in total. The lowest BCUT2D eigenvalue weighted by Gasteiger charge is -2.32. The molecule has 0 saturated heterocycles. The highest BCUT2D eigenvalue weighted by Gasteiger charge is 2.36. The van der Waals surface area contributed by atoms with Crippen LogP contribution in [0.2, 0.25) is 0 Å². The normalized spacial score (nSPS) is 14.7. The van der Waals surface area contributed by atoms with Gasteiger partial charge in [-0.25, -0.2) is 13.7 Å². The molecule has 2 aliphatic carbocycles. The molecule has 0 heterocycles. The number of hydrogen-bond acceptors (Lipinski definition) is 13. The first kappa shape index (κ1) is 28.5. The molecule has 0 fully saturated rings. The third-order valence-electron chi connectivity index (χ3n) is 8.24. The van der Waals surface area contributed by atoms with Crippen molar-refractivity contribution in [2.24, 2.45) is 0 Å². The van der Waals surface area contributed by atoms with Gasteiger partial charge in [-0.15, -0.1) is 4.33 Å². The van der Waals surface area contributed by atoms with Crippen molar-refractivity contribution in [3.63, 3.8) is 0 Å². The summed E-state index contributed by atoms with van der Waals surface area (Å²) in [6.45, 7) is 4.00. The number of hydrogen-bond donors (Lipinski definition) is 6. The number of aryl methyl sites for hydroxylation is 4. The van der Waals surface area contributed by atoms with E-state index in [0.717, 1.165) is 0 Å². The van der Waals surface area contributed by atoms with Crippen LogP contribution in [-0.4, -0.2) is 43.8 Å². The summed E-state index contributed by atoms with van der Waals surface area (Å²) in [5.74, 6) is -4.16. The minimum absolute atomic E-state index is 0.00667. The Hall–Kier alpha value is -3.66. The molecule has 0 spiro atoms. The van der Waals surface area contributed by atoms with Gasteiger partial charge in [-0.2, -0.15) is 0 Å². The quantitative estimate of drug-likeness (QED) is 0.0308. The van der Waals surface area contributed by atoms with Gasteiger partial charge in [0.05, 0.1) is 21.8 Å². The molecule has 5 aromatic rings. The van der Waals surface area contributed by atoms with Crippen LogP contribution >= 0.6 is 12.0 Å². The number of rotatable bonds is 4. The van der Waals surface area contributed by atoms with Crippen LogP contribution in [0.25, 0.3) is 43.1 Å². The van der Waals surface area contributed by atoms with Gasteiger partial charge in [-0.05, 0) is 54.9 Å². The Bertz CT molecular complexity index is 2090. The molecule has 0 radical (unpaired) electrons. The van der Waals surface area contributed by atoms with Crippen molar-refractivity contribution in [3.05, 3.63) is 22.3 Å². The standard InChI is InChI=1S/C26H20O12S2.C2H6/c27-19-8-4-2-6-10-12(8)14-15(23(19)31)17-13-11-7(3-1-5-9(11)21(29)25(17)39-38-37-33)20(28)24(32)16(13)18(14)26(22(10)30)40(34,35)36;1-2/h27-33H,1-6H2,(H,34,35,36);1-2H3/p-2. The van der Waals surface area contributed by atoms with E-state index in [9.17, 15) is 43.6 Å². The van der Waals surface area contributed by atoms with Crippen LogP contribution in [0.5, 0.6) is 34.5 Å². The van der Waals surface area contributed by atoms with Crippen LogP contribution in [0.15, 0.2) is 9.79 Å². The first-order chi connectivity index (χ1) is 20.0. The van der Waals surface area contributed by atoms with Crippen molar-refractivity contribution in [2.45, 2.75) is 62.2 Å². The Morgan fingerprint density at radius 3 is 1.62 bits per heavy atom. The molecule has 5 aromatic carbocycles. The van der Waals surface area contributed by atoms with Gasteiger partial charge in [-0.3, -0.25) is 0 Å². The Balaban J connectivity index is 0.00000155. The predicted molar refractivity (Wildman–Crippen MR) is 149 cm³/mol. The van der Waals surface area contributed by atoms with E-state index in [2.05, 4.69) is 9.37 Å². The maximum atomic E-state index is 13.7. The average Bonchev–Trinajstić information content (AvgIpc) is 2.97. The Kier molecular flexibility index (Phi) is 6.57. The van der Waals surface area contributed by atoms with E-state index in [4.69, 9.17) is 5.26 Å². The molecule has 42 heavy (non-hydrogen) atoms. The molecular formula is C28H24O12S2-2. The van der Waals surface area contributed by atoms with Crippen LogP contribution in [0, 0.1) is 0 Å². The molecule has 7 rings (SSSR count). The molecule has 0 aromatic heterocycles. The molecule has 14 heteroatoms. The summed E-state index contributed by atoms with van der Waals surface area (Å²) in [7, 11) is -5.50. The lowest BCUT2D eigenvalue weighted by Crippen LogP contribution is -2.14. The minimum Gasteiger partial charge on any atom is -0.871 e. The van der Waals surface area contributed by atoms with Gasteiger partial charge in [0, 0.05) is 49.0 Å². The number of aromatic hydroxyl groups is 5. The van der Waals surface area contributed by atoms with E-state index in [-0.39, 0.29) is 96.3 Å². The molecular weight excluding hydrogens is 592 g/mol. The molecule has 0 bridgehead atoms. The monoisotopic (exact) mass is 616 g/mol. The minimum atomic E-state index is -5.50. The van der Waals surface area contributed by atoms with E-state index in [1.165, 1.54) is 0 Å². The van der Waals surface area contributed by atoms with E-state index in [0.29, 0.717) is 24.9 Å². The van der Waals surface area contributed by atoms with Crippen molar-refractivity contribution >= 4 is 65.3 Å². The third kappa shape index (κ3) is 3.47. The van der Waals surface area contributed by atoms with Gasteiger partial charge < -0.3 is 35.2 Å². The fourth-order valence-corrected chi connectivity index (χ4v) is 8.26. The number of fused-ring (bicyclic) bond motifs is 2. The highest BCUT2D eigenvalue weighted by atomic mass is 32.2. The van der Waals surface area contributed by atoms with Crippen LogP contribution in [0.3, 0.4) is 0 Å². The van der Waals surface area contributed by atoms with E-state index >= 15 is 0 Å². The van der Waals surface area contributed by atoms with Gasteiger partial charge in [0.2, 0.25) is 0 Å². The SMILES string of the molecule is CC.O=S(=O)([O-])c1c([O-])c2c3c(c(O)c(O)c4c5c(SOOO)c(O)c6c7c(c(O)c(O)c(c1c34)c75)CCC6)CCC2. The average molecular weight is 617 g/mol. The van der Waals surface area contributed by atoms with Crippen LogP contribution in [0.4, 0.5) is 0 Å². The maximum absolute atomic E-state index is 13.7. The number of benzene rings is 5. The number of phenols is 5. The fourth-order valence-electron chi connectivity index (χ4n) is 6.86. The molecule has 0 aliphatic heterocycles. The van der Waals surface area contributed by atoms with Crippen molar-refractivity contribution in [3.8, 4) is 34.5 Å². The molecule has 2 aliphatic rings. The van der Waals surface area contributed by atoms with Gasteiger partial charge in [-0.1, -0.05) is 24.6 Å². The number of phenolic OH excluding ortho intramolecular Hbond substituents is 5. The van der Waals surface area contributed by atoms with Crippen LogP contribution < -0.4 is 5.11 Å². The molecule has 12 nitrogen and oxygen atoms in total. The van der Waals surface area contributed by atoms with Gasteiger partial charge in [0.15, 0.2) is 23.0 Å². The molecule has 0 atom stereocenters. The van der Waals surface area contributed by atoms with Gasteiger partial charge in [0.1, 0.15) is 15.9 Å². The highest BCUT2D eigenvalue weighted by molar-refractivity contribution is 7.95. The lowest BCUT2D eigenvalue weighted by molar-refractivity contribution is -0.432. The molecule has 0 saturated carbocycles. The van der Waals surface area contributed by atoms with Crippen molar-refractivity contribution in [2.75, 3.05) is 0 Å². The summed E-state index contributed by atoms with van der Waals surface area (Å²) in [5, 5.41) is 81.8. The molecule has 222 valence electrons. The Morgan fingerprint density at radius 1 is 0.643 bits per heavy atom. The fraction of sp³-hybridized carbons (Fsp3) is 0.286. The smallest absolute Gasteiger partial charge is 0.166 e. The maximum Gasteiger partial charge on any atom is 0.166 e. The first-order valence-corrected chi connectivity index (χ1v) is 15.3. The largest absolute Gasteiger partial charge is 0.871 e. The molecule has 0 amide bonds. The second-order valence-corrected chi connectivity index (χ2v) is 12.1. The van der Waals surface area contributed by atoms with E-state index in [1.54, 1.807) is 0 Å². The highest BCUT2D eigenvalue weighted by Crippen LogP contribution is 2.61. The Labute approximate surface area is 242 Å². The van der Waals surface area contributed by atoms with E-state index < -0.39 is 49.1 Å². The summed E-state index contributed by atoms with van der Waals surface area (Å²) in [6, 6.07) is 0. The zero-order valence-corrected chi connectivity index (χ0v) is 23.8. The van der Waals surface area contributed by atoms with Crippen molar-refractivity contribution in [1.82, 2.24) is 0 Å². The zero-order valence-electron chi connectivity index (χ0n) is 22.2. The Morgan fingerprint density at radius 2 is 1.10 bits per heavy atom. The van der Waals surface area contributed by atoms with Gasteiger partial charge in [0.25, 0.3) is 0 Å². The summed E-state index contributed by atoms with van der Waals surface area (Å²) in [4.78, 5) is -1.29. The second kappa shape index (κ2) is 9.69. The summed E-state index contributed by atoms with van der Waals surface area (Å²) in [5.41, 5.74) is 0.581. The zero-order chi connectivity index (χ0) is 30.4. The van der Waals surface area contributed by atoms with Gasteiger partial charge >= 0.3 is 0 Å². The second-order valence-electron chi connectivity index (χ2n) is 10.0. The lowest BCUT2D eigenvalue weighted by atomic mass is 9.78.